The minimum atomic E-state index is -0.258. The predicted molar refractivity (Wildman–Crippen MR) is 82.5 cm³/mol. The van der Waals surface area contributed by atoms with Crippen molar-refractivity contribution in [2.75, 3.05) is 40.3 Å². The molecule has 2 fully saturated rings. The van der Waals surface area contributed by atoms with E-state index in [4.69, 9.17) is 0 Å². The number of nitriles is 1. The molecule has 2 rings (SSSR count). The van der Waals surface area contributed by atoms with Crippen LogP contribution in [0.4, 0.5) is 0 Å². The van der Waals surface area contributed by atoms with Gasteiger partial charge in [-0.3, -0.25) is 4.90 Å². The molecule has 1 aliphatic carbocycles. The molecule has 2 aliphatic rings. The zero-order chi connectivity index (χ0) is 14.6. The van der Waals surface area contributed by atoms with Crippen molar-refractivity contribution >= 4 is 0 Å². The summed E-state index contributed by atoms with van der Waals surface area (Å²) in [5, 5.41) is 12.8. The highest BCUT2D eigenvalue weighted by atomic mass is 15.2. The molecule has 1 saturated heterocycles. The molecule has 1 saturated carbocycles. The Hall–Kier alpha value is -0.630. The average molecular weight is 278 g/mol. The van der Waals surface area contributed by atoms with Crippen LogP contribution in [0.2, 0.25) is 0 Å². The van der Waals surface area contributed by atoms with Gasteiger partial charge < -0.3 is 10.2 Å². The molecule has 0 spiro atoms. The van der Waals surface area contributed by atoms with Gasteiger partial charge in [-0.25, -0.2) is 0 Å². The van der Waals surface area contributed by atoms with Crippen LogP contribution in [0.3, 0.4) is 0 Å². The highest BCUT2D eigenvalue weighted by Crippen LogP contribution is 2.37. The number of hydrogen-bond donors (Lipinski definition) is 1. The first-order valence-corrected chi connectivity index (χ1v) is 8.14. The monoisotopic (exact) mass is 278 g/mol. The van der Waals surface area contributed by atoms with E-state index in [0.717, 1.165) is 19.4 Å². The Labute approximate surface area is 124 Å². The molecule has 0 aromatic carbocycles. The first kappa shape index (κ1) is 15.8. The molecule has 0 amide bonds. The molecule has 4 heteroatoms. The van der Waals surface area contributed by atoms with Crippen LogP contribution in [0, 0.1) is 17.2 Å². The Kier molecular flexibility index (Phi) is 5.42. The maximum absolute atomic E-state index is 9.52. The fraction of sp³-hybridized carbons (Fsp3) is 0.938. The van der Waals surface area contributed by atoms with Crippen LogP contribution >= 0.6 is 0 Å². The third-order valence-corrected chi connectivity index (χ3v) is 5.42. The zero-order valence-electron chi connectivity index (χ0n) is 13.4. The lowest BCUT2D eigenvalue weighted by Crippen LogP contribution is -2.46. The summed E-state index contributed by atoms with van der Waals surface area (Å²) in [4.78, 5) is 5.06. The molecule has 3 unspecified atom stereocenters. The van der Waals surface area contributed by atoms with Crippen LogP contribution in [0.15, 0.2) is 0 Å². The summed E-state index contributed by atoms with van der Waals surface area (Å²) in [5.41, 5.74) is -0.258. The zero-order valence-corrected chi connectivity index (χ0v) is 13.4. The average Bonchev–Trinajstić information content (AvgIpc) is 2.78. The molecule has 20 heavy (non-hydrogen) atoms. The van der Waals surface area contributed by atoms with E-state index >= 15 is 0 Å². The van der Waals surface area contributed by atoms with Crippen molar-refractivity contribution in [3.8, 4) is 6.07 Å². The number of likely N-dealkylation sites (N-methyl/N-ethyl adjacent to an activating group) is 1. The summed E-state index contributed by atoms with van der Waals surface area (Å²) in [6, 6.07) is 3.19. The SMILES string of the molecule is CNC1(C#N)CCCC1CCN1CCCN(C)CC1C. The van der Waals surface area contributed by atoms with E-state index in [1.807, 2.05) is 7.05 Å². The maximum atomic E-state index is 9.52. The van der Waals surface area contributed by atoms with Gasteiger partial charge in [0.05, 0.1) is 6.07 Å². The molecule has 0 radical (unpaired) electrons. The van der Waals surface area contributed by atoms with Gasteiger partial charge in [-0.1, -0.05) is 6.42 Å². The van der Waals surface area contributed by atoms with E-state index in [2.05, 4.69) is 35.2 Å². The summed E-state index contributed by atoms with van der Waals surface area (Å²) in [7, 11) is 4.17. The lowest BCUT2D eigenvalue weighted by atomic mass is 9.86. The second-order valence-electron chi connectivity index (χ2n) is 6.71. The third kappa shape index (κ3) is 3.33. The van der Waals surface area contributed by atoms with Crippen molar-refractivity contribution in [2.45, 2.75) is 50.6 Å². The van der Waals surface area contributed by atoms with Crippen LogP contribution in [0.5, 0.6) is 0 Å². The van der Waals surface area contributed by atoms with Crippen LogP contribution < -0.4 is 5.32 Å². The van der Waals surface area contributed by atoms with Gasteiger partial charge in [-0.2, -0.15) is 5.26 Å². The Balaban J connectivity index is 1.89. The van der Waals surface area contributed by atoms with Crippen LogP contribution in [-0.4, -0.2) is 61.7 Å². The lowest BCUT2D eigenvalue weighted by molar-refractivity contribution is 0.178. The largest absolute Gasteiger partial charge is 0.305 e. The van der Waals surface area contributed by atoms with E-state index < -0.39 is 0 Å². The summed E-state index contributed by atoms with van der Waals surface area (Å²) in [6.45, 7) is 7.07. The first-order valence-electron chi connectivity index (χ1n) is 8.14. The van der Waals surface area contributed by atoms with Crippen molar-refractivity contribution < 1.29 is 0 Å². The second-order valence-corrected chi connectivity index (χ2v) is 6.71. The van der Waals surface area contributed by atoms with Gasteiger partial charge >= 0.3 is 0 Å². The number of hydrogen-bond acceptors (Lipinski definition) is 4. The fourth-order valence-electron chi connectivity index (χ4n) is 4.08. The van der Waals surface area contributed by atoms with Crippen molar-refractivity contribution in [3.63, 3.8) is 0 Å². The summed E-state index contributed by atoms with van der Waals surface area (Å²) in [5.74, 6) is 0.519. The molecule has 4 nitrogen and oxygen atoms in total. The number of nitrogens with zero attached hydrogens (tertiary/aromatic N) is 3. The molecule has 0 aromatic rings. The Morgan fingerprint density at radius 3 is 2.85 bits per heavy atom. The smallest absolute Gasteiger partial charge is 0.109 e. The fourth-order valence-corrected chi connectivity index (χ4v) is 4.08. The third-order valence-electron chi connectivity index (χ3n) is 5.42. The van der Waals surface area contributed by atoms with Crippen molar-refractivity contribution in [3.05, 3.63) is 0 Å². The van der Waals surface area contributed by atoms with Crippen molar-refractivity contribution in [1.29, 1.82) is 5.26 Å². The van der Waals surface area contributed by atoms with E-state index in [9.17, 15) is 5.26 Å². The van der Waals surface area contributed by atoms with Crippen LogP contribution in [0.1, 0.15) is 39.0 Å². The number of nitrogens with one attached hydrogen (secondary N) is 1. The minimum absolute atomic E-state index is 0.258. The molecular weight excluding hydrogens is 248 g/mol. The molecule has 3 atom stereocenters. The maximum Gasteiger partial charge on any atom is 0.109 e. The quantitative estimate of drug-likeness (QED) is 0.850. The minimum Gasteiger partial charge on any atom is -0.305 e. The number of rotatable bonds is 4. The Morgan fingerprint density at radius 1 is 1.35 bits per heavy atom. The van der Waals surface area contributed by atoms with Crippen LogP contribution in [0.25, 0.3) is 0 Å². The molecule has 0 aromatic heterocycles. The van der Waals surface area contributed by atoms with Gasteiger partial charge in [0.15, 0.2) is 0 Å². The standard InChI is InChI=1S/C16H30N4/c1-14-12-19(3)9-5-10-20(14)11-7-15-6-4-8-16(15,13-17)18-2/h14-15,18H,4-12H2,1-3H3. The van der Waals surface area contributed by atoms with E-state index in [-0.39, 0.29) is 5.54 Å². The molecule has 114 valence electrons. The highest BCUT2D eigenvalue weighted by Gasteiger charge is 2.41. The van der Waals surface area contributed by atoms with Gasteiger partial charge in [-0.05, 0) is 72.3 Å². The lowest BCUT2D eigenvalue weighted by Gasteiger charge is -2.32. The summed E-state index contributed by atoms with van der Waals surface area (Å²) < 4.78 is 0. The topological polar surface area (TPSA) is 42.3 Å². The first-order chi connectivity index (χ1) is 9.61. The highest BCUT2D eigenvalue weighted by molar-refractivity contribution is 5.13. The van der Waals surface area contributed by atoms with E-state index in [0.29, 0.717) is 12.0 Å². The molecule has 1 aliphatic heterocycles. The molecule has 0 bridgehead atoms. The van der Waals surface area contributed by atoms with Gasteiger partial charge in [0.2, 0.25) is 0 Å². The van der Waals surface area contributed by atoms with Crippen LogP contribution in [-0.2, 0) is 0 Å². The van der Waals surface area contributed by atoms with Gasteiger partial charge in [0, 0.05) is 12.6 Å². The molecule has 1 N–H and O–H groups in total. The summed E-state index contributed by atoms with van der Waals surface area (Å²) >= 11 is 0. The summed E-state index contributed by atoms with van der Waals surface area (Å²) in [6.07, 6.45) is 5.83. The predicted octanol–water partition coefficient (Wildman–Crippen LogP) is 1.68. The normalized spacial score (nSPS) is 36.7. The van der Waals surface area contributed by atoms with E-state index in [1.165, 1.54) is 38.9 Å². The molecular formula is C16H30N4. The van der Waals surface area contributed by atoms with E-state index in [1.54, 1.807) is 0 Å². The Bertz CT molecular complexity index is 351. The van der Waals surface area contributed by atoms with Gasteiger partial charge in [0.1, 0.15) is 5.54 Å². The van der Waals surface area contributed by atoms with Gasteiger partial charge in [-0.15, -0.1) is 0 Å². The van der Waals surface area contributed by atoms with Gasteiger partial charge in [0.25, 0.3) is 0 Å². The van der Waals surface area contributed by atoms with Crippen molar-refractivity contribution in [1.82, 2.24) is 15.1 Å². The van der Waals surface area contributed by atoms with Crippen molar-refractivity contribution in [2.24, 2.45) is 5.92 Å². The Morgan fingerprint density at radius 2 is 2.15 bits per heavy atom. The second kappa shape index (κ2) is 6.89. The molecule has 1 heterocycles.